The highest BCUT2D eigenvalue weighted by molar-refractivity contribution is 6.33. The largest absolute Gasteiger partial charge is 0.383 e. The number of nitrogens with one attached hydrogen (secondary N) is 3. The Bertz CT molecular complexity index is 4690. The van der Waals surface area contributed by atoms with Crippen LogP contribution in [0.5, 0.6) is 0 Å². The van der Waals surface area contributed by atoms with Crippen LogP contribution in [0.3, 0.4) is 0 Å². The van der Waals surface area contributed by atoms with Crippen LogP contribution < -0.4 is 45.3 Å². The van der Waals surface area contributed by atoms with Gasteiger partial charge in [0.1, 0.15) is 23.3 Å². The summed E-state index contributed by atoms with van der Waals surface area (Å²) in [6, 6.07) is 59.0. The van der Waals surface area contributed by atoms with Crippen molar-refractivity contribution < 1.29 is 17.6 Å². The Labute approximate surface area is 873 Å². The molecule has 3 N–H and O–H groups in total. The predicted molar refractivity (Wildman–Crippen MR) is 626 cm³/mol. The van der Waals surface area contributed by atoms with Crippen LogP contribution in [0.15, 0.2) is 164 Å². The highest BCUT2D eigenvalue weighted by Gasteiger charge is 2.19. The van der Waals surface area contributed by atoms with Gasteiger partial charge in [-0.3, -0.25) is 0 Å². The van der Waals surface area contributed by atoms with Crippen LogP contribution in [0.25, 0.3) is 0 Å². The minimum Gasteiger partial charge on any atom is -0.383 e. The van der Waals surface area contributed by atoms with Crippen LogP contribution in [0.4, 0.5) is 68.7 Å². The summed E-state index contributed by atoms with van der Waals surface area (Å²) in [4.78, 5) is 13.1. The molecule has 141 heavy (non-hydrogen) atoms. The number of hydrogen-bond acceptors (Lipinski definition) is 9. The van der Waals surface area contributed by atoms with Crippen molar-refractivity contribution in [3.63, 3.8) is 0 Å². The molecular formula is C126H201Cl2F4N9. The Balaban J connectivity index is 0.000000793. The van der Waals surface area contributed by atoms with Gasteiger partial charge in [-0.1, -0.05) is 221 Å². The van der Waals surface area contributed by atoms with E-state index in [1.165, 1.54) is 80.1 Å². The monoisotopic (exact) mass is 1990 g/mol. The van der Waals surface area contributed by atoms with Crippen LogP contribution in [0.2, 0.25) is 10.0 Å². The van der Waals surface area contributed by atoms with Crippen molar-refractivity contribution >= 4 is 74.4 Å². The third-order valence-corrected chi connectivity index (χ3v) is 24.8. The quantitative estimate of drug-likeness (QED) is 0.0334. The lowest BCUT2D eigenvalue weighted by molar-refractivity contribution is 0.573. The van der Waals surface area contributed by atoms with Crippen molar-refractivity contribution in [3.05, 3.63) is 264 Å². The van der Waals surface area contributed by atoms with Crippen LogP contribution in [0.1, 0.15) is 316 Å². The Hall–Kier alpha value is -8.52. The fraction of sp³-hybridized carbons (Fsp3) is 0.571. The molecule has 9 aromatic rings. The zero-order valence-electron chi connectivity index (χ0n) is 97.3. The Morgan fingerprint density at radius 1 is 0.220 bits per heavy atom. The number of anilines is 9. The SMILES string of the molecule is CC(C)Cc1ccc(N(C)C(C)C)c(Cl)c1.CC(C)Cc1ccc(N(C)C(C)C)c(F)c1.CC(C)Cc1ccc(N(C)C(C)C)cc1Cl.CC(C)Cc1ccc(N(C)C(C)C)cc1F.CC(C)Cc1ccc(NC(C)C)c(F)c1.CC(C)Cc1ccc(NC(C)C)cc1F.Cc1ccc(CC(C)C)cc1N(C)C(C)C.Cc1ccc(CC(C)C)cc1N(C)C(C)C.Cc1ccc(CC(C)C)cc1NC(C)C. The van der Waals surface area contributed by atoms with Crippen LogP contribution >= 0.6 is 23.2 Å². The summed E-state index contributed by atoms with van der Waals surface area (Å²) in [6.45, 7) is 84.3. The first kappa shape index (κ1) is 130. The molecule has 0 heterocycles. The summed E-state index contributed by atoms with van der Waals surface area (Å²) in [5.41, 5.74) is 24.1. The minimum absolute atomic E-state index is 0.0845. The third kappa shape index (κ3) is 52.7. The van der Waals surface area contributed by atoms with Gasteiger partial charge in [0.15, 0.2) is 0 Å². The van der Waals surface area contributed by atoms with Gasteiger partial charge in [-0.25, -0.2) is 17.6 Å². The lowest BCUT2D eigenvalue weighted by atomic mass is 10.00. The fourth-order valence-electron chi connectivity index (χ4n) is 15.5. The summed E-state index contributed by atoms with van der Waals surface area (Å²) in [6.07, 6.45) is 9.09. The van der Waals surface area contributed by atoms with E-state index < -0.39 is 0 Å². The number of nitrogens with zero attached hydrogens (tertiary/aromatic N) is 6. The van der Waals surface area contributed by atoms with E-state index in [1.807, 2.05) is 95.2 Å². The molecule has 792 valence electrons. The first-order valence-corrected chi connectivity index (χ1v) is 53.9. The van der Waals surface area contributed by atoms with Gasteiger partial charge >= 0.3 is 0 Å². The topological polar surface area (TPSA) is 55.5 Å². The second kappa shape index (κ2) is 66.5. The fourth-order valence-corrected chi connectivity index (χ4v) is 16.1. The van der Waals surface area contributed by atoms with Gasteiger partial charge in [0.2, 0.25) is 0 Å². The lowest BCUT2D eigenvalue weighted by Crippen LogP contribution is -2.26. The molecule has 0 unspecified atom stereocenters. The standard InChI is InChI=1S/2C15H25N.2C14H22ClN.2C14H22FN.C14H23N.2C13H20FN/c2*1-11(2)9-14-8-7-13(5)15(10-14)16(6)12(3)4;1-10(2)8-12-6-7-13(9-14(12)15)16(5)11(3)4;1-10(2)8-12-6-7-14(13(15)9-12)16(5)11(3)4;1-10(2)8-12-6-7-13(9-14(12)15)16(5)11(3)4;1-10(2)8-12-6-7-14(13(15)9-12)16(5)11(3)4;1-10(2)8-13-7-6-12(5)14(9-13)15-11(3)4;1-9(2)7-11-5-6-12(8-13(11)14)15-10(3)4;1-9(2)7-11-5-6-13(12(14)8-11)15-10(3)4/h2*7-8,10-12H,9H2,1-6H3;4*6-7,9-11H,8H2,1-5H3;6-7,9-11,15H,8H2,1-5H3;2*5-6,8-10,15H,7H2,1-4H3. The number of rotatable bonds is 36. The average molecular weight is 1990 g/mol. The normalized spacial score (nSPS) is 11.2. The number of benzene rings is 9. The molecule has 0 saturated heterocycles. The summed E-state index contributed by atoms with van der Waals surface area (Å²) in [5, 5.41) is 11.5. The molecule has 0 spiro atoms. The second-order valence-corrected chi connectivity index (χ2v) is 46.5. The summed E-state index contributed by atoms with van der Waals surface area (Å²) in [5.74, 6) is 5.13. The van der Waals surface area contributed by atoms with Crippen molar-refractivity contribution in [3.8, 4) is 0 Å². The Morgan fingerprint density at radius 3 is 0.837 bits per heavy atom. The molecular weight excluding hydrogens is 1790 g/mol. The first-order valence-electron chi connectivity index (χ1n) is 53.1. The number of hydrogen-bond donors (Lipinski definition) is 3. The van der Waals surface area contributed by atoms with Gasteiger partial charge in [-0.2, -0.15) is 0 Å². The van der Waals surface area contributed by atoms with Crippen LogP contribution in [-0.2, 0) is 57.8 Å². The minimum atomic E-state index is -0.151. The van der Waals surface area contributed by atoms with Gasteiger partial charge in [-0.05, 0) is 414 Å². The highest BCUT2D eigenvalue weighted by atomic mass is 35.5. The van der Waals surface area contributed by atoms with E-state index in [-0.39, 0.29) is 29.3 Å². The maximum absolute atomic E-state index is 13.9. The molecule has 9 rings (SSSR count). The third-order valence-electron chi connectivity index (χ3n) is 24.1. The molecule has 0 radical (unpaired) electrons. The van der Waals surface area contributed by atoms with E-state index in [2.05, 4.69) is 402 Å². The van der Waals surface area contributed by atoms with Crippen molar-refractivity contribution in [1.29, 1.82) is 0 Å². The summed E-state index contributed by atoms with van der Waals surface area (Å²) in [7, 11) is 12.4. The van der Waals surface area contributed by atoms with Crippen LogP contribution in [-0.4, -0.2) is 96.7 Å². The maximum Gasteiger partial charge on any atom is 0.146 e. The summed E-state index contributed by atoms with van der Waals surface area (Å²) >= 11 is 12.6. The van der Waals surface area contributed by atoms with Crippen molar-refractivity contribution in [1.82, 2.24) is 0 Å². The molecule has 0 fully saturated rings. The van der Waals surface area contributed by atoms with E-state index in [1.54, 1.807) is 24.3 Å². The average Bonchev–Trinajstić information content (AvgIpc) is 0.858. The van der Waals surface area contributed by atoms with Crippen LogP contribution in [0, 0.1) is 97.3 Å². The smallest absolute Gasteiger partial charge is 0.146 e. The van der Waals surface area contributed by atoms with E-state index in [9.17, 15) is 17.6 Å². The molecule has 0 saturated carbocycles. The molecule has 0 aromatic heterocycles. The predicted octanol–water partition coefficient (Wildman–Crippen LogP) is 36.3. The molecule has 0 aliphatic carbocycles. The van der Waals surface area contributed by atoms with E-state index in [4.69, 9.17) is 23.2 Å². The van der Waals surface area contributed by atoms with E-state index in [0.29, 0.717) is 95.2 Å². The van der Waals surface area contributed by atoms with Gasteiger partial charge in [-0.15, -0.1) is 0 Å². The number of halogens is 6. The molecule has 0 atom stereocenters. The second-order valence-electron chi connectivity index (χ2n) is 45.6. The van der Waals surface area contributed by atoms with E-state index in [0.717, 1.165) is 112 Å². The van der Waals surface area contributed by atoms with Crippen molar-refractivity contribution in [2.24, 2.45) is 53.3 Å². The molecule has 0 aliphatic rings. The molecule has 0 aliphatic heterocycles. The molecule has 9 nitrogen and oxygen atoms in total. The zero-order chi connectivity index (χ0) is 108. The van der Waals surface area contributed by atoms with E-state index >= 15 is 0 Å². The van der Waals surface area contributed by atoms with Crippen molar-refractivity contribution in [2.75, 3.05) is 87.6 Å². The molecule has 0 bridgehead atoms. The number of aryl methyl sites for hydroxylation is 3. The van der Waals surface area contributed by atoms with Gasteiger partial charge in [0, 0.05) is 136 Å². The lowest BCUT2D eigenvalue weighted by Gasteiger charge is -2.26. The Morgan fingerprint density at radius 2 is 0.504 bits per heavy atom. The first-order chi connectivity index (χ1) is 65.4. The van der Waals surface area contributed by atoms with Gasteiger partial charge in [0.05, 0.1) is 22.1 Å². The van der Waals surface area contributed by atoms with Gasteiger partial charge in [0.25, 0.3) is 0 Å². The highest BCUT2D eigenvalue weighted by Crippen LogP contribution is 2.33. The Kier molecular flexibility index (Phi) is 61.5. The maximum atomic E-state index is 13.9. The molecule has 9 aromatic carbocycles. The summed E-state index contributed by atoms with van der Waals surface area (Å²) < 4.78 is 54.9. The van der Waals surface area contributed by atoms with Crippen molar-refractivity contribution in [2.45, 2.75) is 382 Å². The van der Waals surface area contributed by atoms with Gasteiger partial charge < -0.3 is 45.3 Å². The zero-order valence-corrected chi connectivity index (χ0v) is 98.8. The molecule has 0 amide bonds. The molecule has 15 heteroatoms.